The number of hydrogen-bond acceptors (Lipinski definition) is 3. The zero-order valence-corrected chi connectivity index (χ0v) is 14.1. The molecule has 2 rings (SSSR count). The fourth-order valence-corrected chi connectivity index (χ4v) is 4.01. The van der Waals surface area contributed by atoms with Gasteiger partial charge in [0, 0.05) is 34.9 Å². The topological polar surface area (TPSA) is 15.3 Å². The second kappa shape index (κ2) is 8.16. The first kappa shape index (κ1) is 16.0. The second-order valence-electron chi connectivity index (χ2n) is 6.46. The normalized spacial score (nSPS) is 17.9. The lowest BCUT2D eigenvalue weighted by Gasteiger charge is -2.26. The maximum Gasteiger partial charge on any atom is 0.0327 e. The molecule has 2 nitrogen and oxygen atoms in total. The third-order valence-corrected chi connectivity index (χ3v) is 5.33. The molecule has 1 aromatic heterocycles. The summed E-state index contributed by atoms with van der Waals surface area (Å²) in [6, 6.07) is 5.97. The summed E-state index contributed by atoms with van der Waals surface area (Å²) in [5, 5.41) is 3.50. The Labute approximate surface area is 128 Å². The number of rotatable bonds is 6. The zero-order chi connectivity index (χ0) is 14.4. The van der Waals surface area contributed by atoms with Crippen molar-refractivity contribution in [3.8, 4) is 0 Å². The minimum Gasteiger partial charge on any atom is -0.310 e. The first-order chi connectivity index (χ1) is 9.65. The Balaban J connectivity index is 1.82. The van der Waals surface area contributed by atoms with Gasteiger partial charge in [0.25, 0.3) is 0 Å². The second-order valence-corrected chi connectivity index (χ2v) is 7.72. The van der Waals surface area contributed by atoms with E-state index in [1.165, 1.54) is 48.3 Å². The van der Waals surface area contributed by atoms with Crippen molar-refractivity contribution in [2.75, 3.05) is 7.05 Å². The fraction of sp³-hybridized carbons (Fsp3) is 0.765. The Kier molecular flexibility index (Phi) is 6.53. The van der Waals surface area contributed by atoms with Gasteiger partial charge in [-0.25, -0.2) is 0 Å². The van der Waals surface area contributed by atoms with Crippen molar-refractivity contribution in [1.29, 1.82) is 0 Å². The van der Waals surface area contributed by atoms with Crippen molar-refractivity contribution < 1.29 is 0 Å². The van der Waals surface area contributed by atoms with Gasteiger partial charge in [0.2, 0.25) is 0 Å². The third-order valence-electron chi connectivity index (χ3n) is 4.26. The quantitative estimate of drug-likeness (QED) is 0.782. The summed E-state index contributed by atoms with van der Waals surface area (Å²) in [7, 11) is 2.31. The largest absolute Gasteiger partial charge is 0.310 e. The Morgan fingerprint density at radius 1 is 1.15 bits per heavy atom. The molecule has 0 amide bonds. The monoisotopic (exact) mass is 294 g/mol. The molecule has 0 atom stereocenters. The SMILES string of the molecule is CC(C)NCc1ccc(CN(C)C2CCCCCC2)s1. The Bertz CT molecular complexity index is 378. The lowest BCUT2D eigenvalue weighted by atomic mass is 10.1. The van der Waals surface area contributed by atoms with E-state index in [4.69, 9.17) is 0 Å². The molecule has 0 radical (unpaired) electrons. The van der Waals surface area contributed by atoms with E-state index >= 15 is 0 Å². The van der Waals surface area contributed by atoms with Crippen LogP contribution in [-0.4, -0.2) is 24.0 Å². The first-order valence-electron chi connectivity index (χ1n) is 8.16. The van der Waals surface area contributed by atoms with Gasteiger partial charge in [-0.1, -0.05) is 39.5 Å². The van der Waals surface area contributed by atoms with Crippen LogP contribution in [0.2, 0.25) is 0 Å². The summed E-state index contributed by atoms with van der Waals surface area (Å²) in [6.45, 7) is 6.54. The minimum atomic E-state index is 0.564. The molecular weight excluding hydrogens is 264 g/mol. The zero-order valence-electron chi connectivity index (χ0n) is 13.3. The number of nitrogens with one attached hydrogen (secondary N) is 1. The van der Waals surface area contributed by atoms with Gasteiger partial charge in [-0.15, -0.1) is 11.3 Å². The molecule has 0 bridgehead atoms. The molecule has 1 aromatic rings. The van der Waals surface area contributed by atoms with Crippen molar-refractivity contribution in [2.45, 2.75) is 77.5 Å². The van der Waals surface area contributed by atoms with Crippen molar-refractivity contribution in [3.05, 3.63) is 21.9 Å². The van der Waals surface area contributed by atoms with Gasteiger partial charge in [-0.3, -0.25) is 4.90 Å². The summed E-state index contributed by atoms with van der Waals surface area (Å²) >= 11 is 1.97. The smallest absolute Gasteiger partial charge is 0.0327 e. The number of hydrogen-bond donors (Lipinski definition) is 1. The van der Waals surface area contributed by atoms with Crippen LogP contribution in [0.25, 0.3) is 0 Å². The summed E-state index contributed by atoms with van der Waals surface area (Å²) < 4.78 is 0. The van der Waals surface area contributed by atoms with Gasteiger partial charge in [-0.2, -0.15) is 0 Å². The van der Waals surface area contributed by atoms with E-state index < -0.39 is 0 Å². The van der Waals surface area contributed by atoms with Gasteiger partial charge in [0.05, 0.1) is 0 Å². The van der Waals surface area contributed by atoms with Crippen LogP contribution in [0.3, 0.4) is 0 Å². The predicted molar refractivity (Wildman–Crippen MR) is 89.3 cm³/mol. The molecule has 0 aliphatic heterocycles. The average Bonchev–Trinajstić information content (AvgIpc) is 2.68. The highest BCUT2D eigenvalue weighted by molar-refractivity contribution is 7.11. The van der Waals surface area contributed by atoms with E-state index in [2.05, 4.69) is 43.2 Å². The summed E-state index contributed by atoms with van der Waals surface area (Å²) in [5.41, 5.74) is 0. The molecule has 0 saturated heterocycles. The van der Waals surface area contributed by atoms with Gasteiger partial charge in [0.1, 0.15) is 0 Å². The molecule has 1 N–H and O–H groups in total. The number of thiophene rings is 1. The van der Waals surface area contributed by atoms with Gasteiger partial charge < -0.3 is 5.32 Å². The maximum absolute atomic E-state index is 3.50. The van der Waals surface area contributed by atoms with E-state index in [0.717, 1.165) is 19.1 Å². The molecule has 1 fully saturated rings. The van der Waals surface area contributed by atoms with Crippen LogP contribution >= 0.6 is 11.3 Å². The predicted octanol–water partition coefficient (Wildman–Crippen LogP) is 4.40. The molecule has 1 saturated carbocycles. The molecule has 1 aliphatic rings. The Morgan fingerprint density at radius 3 is 2.45 bits per heavy atom. The van der Waals surface area contributed by atoms with Gasteiger partial charge in [-0.05, 0) is 32.0 Å². The van der Waals surface area contributed by atoms with Crippen molar-refractivity contribution >= 4 is 11.3 Å². The molecule has 1 aliphatic carbocycles. The standard InChI is InChI=1S/C17H30N2S/c1-14(2)18-12-16-10-11-17(20-16)13-19(3)15-8-6-4-5-7-9-15/h10-11,14-15,18H,4-9,12-13H2,1-3H3. The first-order valence-corrected chi connectivity index (χ1v) is 8.98. The van der Waals surface area contributed by atoms with E-state index in [1.54, 1.807) is 0 Å². The highest BCUT2D eigenvalue weighted by Gasteiger charge is 2.17. The molecule has 114 valence electrons. The Morgan fingerprint density at radius 2 is 1.80 bits per heavy atom. The molecule has 0 aromatic carbocycles. The lowest BCUT2D eigenvalue weighted by molar-refractivity contribution is 0.215. The molecule has 0 unspecified atom stereocenters. The summed E-state index contributed by atoms with van der Waals surface area (Å²) in [6.07, 6.45) is 8.50. The summed E-state index contributed by atoms with van der Waals surface area (Å²) in [4.78, 5) is 5.55. The van der Waals surface area contributed by atoms with Crippen LogP contribution in [-0.2, 0) is 13.1 Å². The van der Waals surface area contributed by atoms with Crippen LogP contribution in [0, 0.1) is 0 Å². The highest BCUT2D eigenvalue weighted by Crippen LogP contribution is 2.24. The lowest BCUT2D eigenvalue weighted by Crippen LogP contribution is -2.30. The third kappa shape index (κ3) is 5.19. The van der Waals surface area contributed by atoms with Crippen LogP contribution in [0.5, 0.6) is 0 Å². The molecular formula is C17H30N2S. The minimum absolute atomic E-state index is 0.564. The van der Waals surface area contributed by atoms with Crippen LogP contribution in [0.1, 0.15) is 62.1 Å². The van der Waals surface area contributed by atoms with E-state index in [9.17, 15) is 0 Å². The maximum atomic E-state index is 3.50. The molecule has 0 spiro atoms. The molecule has 1 heterocycles. The molecule has 20 heavy (non-hydrogen) atoms. The molecule has 3 heteroatoms. The van der Waals surface area contributed by atoms with Gasteiger partial charge >= 0.3 is 0 Å². The average molecular weight is 295 g/mol. The van der Waals surface area contributed by atoms with Gasteiger partial charge in [0.15, 0.2) is 0 Å². The van der Waals surface area contributed by atoms with Crippen LogP contribution in [0.15, 0.2) is 12.1 Å². The van der Waals surface area contributed by atoms with Crippen molar-refractivity contribution in [1.82, 2.24) is 10.2 Å². The number of nitrogens with zero attached hydrogens (tertiary/aromatic N) is 1. The van der Waals surface area contributed by atoms with Crippen LogP contribution < -0.4 is 5.32 Å². The Hall–Kier alpha value is -0.380. The fourth-order valence-electron chi connectivity index (χ4n) is 2.98. The highest BCUT2D eigenvalue weighted by atomic mass is 32.1. The van der Waals surface area contributed by atoms with Crippen molar-refractivity contribution in [2.24, 2.45) is 0 Å². The van der Waals surface area contributed by atoms with Crippen molar-refractivity contribution in [3.63, 3.8) is 0 Å². The van der Waals surface area contributed by atoms with E-state index in [0.29, 0.717) is 6.04 Å². The van der Waals surface area contributed by atoms with E-state index in [-0.39, 0.29) is 0 Å². The van der Waals surface area contributed by atoms with Crippen LogP contribution in [0.4, 0.5) is 0 Å². The van der Waals surface area contributed by atoms with E-state index in [1.807, 2.05) is 11.3 Å². The summed E-state index contributed by atoms with van der Waals surface area (Å²) in [5.74, 6) is 0.